The van der Waals surface area contributed by atoms with Crippen molar-refractivity contribution in [3.63, 3.8) is 0 Å². The molecule has 0 aromatic rings. The fourth-order valence-corrected chi connectivity index (χ4v) is 1.48. The van der Waals surface area contributed by atoms with Gasteiger partial charge in [0.2, 0.25) is 0 Å². The third kappa shape index (κ3) is 27.1. The van der Waals surface area contributed by atoms with Crippen LogP contribution in [0.3, 0.4) is 0 Å². The Labute approximate surface area is 158 Å². The van der Waals surface area contributed by atoms with Gasteiger partial charge in [-0.25, -0.2) is 0 Å². The van der Waals surface area contributed by atoms with Crippen LogP contribution in [0.4, 0.5) is 0 Å². The molecular weight excluding hydrogens is 427 g/mol. The molecular formula is C10H16MnN2O12S. The molecule has 0 atom stereocenters. The second-order valence-electron chi connectivity index (χ2n) is 4.40. The molecule has 0 aliphatic heterocycles. The van der Waals surface area contributed by atoms with Gasteiger partial charge < -0.3 is 29.5 Å². The van der Waals surface area contributed by atoms with Crippen LogP contribution in [0.1, 0.15) is 0 Å². The van der Waals surface area contributed by atoms with Crippen molar-refractivity contribution in [2.75, 3.05) is 39.3 Å². The summed E-state index contributed by atoms with van der Waals surface area (Å²) in [7, 11) is -5.17. The molecule has 0 heterocycles. The van der Waals surface area contributed by atoms with E-state index in [-0.39, 0.29) is 30.2 Å². The van der Waals surface area contributed by atoms with Gasteiger partial charge in [0, 0.05) is 23.5 Å². The quantitative estimate of drug-likeness (QED) is 0.138. The summed E-state index contributed by atoms with van der Waals surface area (Å²) >= 11 is 0. The first kappa shape index (κ1) is 29.0. The van der Waals surface area contributed by atoms with Crippen molar-refractivity contribution in [3.05, 3.63) is 0 Å². The van der Waals surface area contributed by atoms with E-state index in [0.29, 0.717) is 0 Å². The number of rotatable bonds is 11. The zero-order valence-electron chi connectivity index (χ0n) is 13.0. The normalized spacial score (nSPS) is 10.5. The maximum atomic E-state index is 10.6. The Balaban J connectivity index is -0.000000772. The van der Waals surface area contributed by atoms with Gasteiger partial charge in [0.1, 0.15) is 0 Å². The number of carbonyl (C=O) groups is 4. The third-order valence-electron chi connectivity index (χ3n) is 2.17. The zero-order chi connectivity index (χ0) is 20.2. The summed E-state index contributed by atoms with van der Waals surface area (Å²) in [5.41, 5.74) is 0. The van der Waals surface area contributed by atoms with E-state index in [1.807, 2.05) is 0 Å². The van der Waals surface area contributed by atoms with Crippen LogP contribution in [0, 0.1) is 0 Å². The van der Waals surface area contributed by atoms with Crippen LogP contribution in [0.15, 0.2) is 0 Å². The summed E-state index contributed by atoms with van der Waals surface area (Å²) < 4.78 is 34.1. The number of carboxylic acid groups (broad SMARTS) is 4. The summed E-state index contributed by atoms with van der Waals surface area (Å²) in [6.45, 7) is -2.25. The minimum atomic E-state index is -5.17. The van der Waals surface area contributed by atoms with E-state index in [2.05, 4.69) is 0 Å². The molecule has 0 fully saturated rings. The molecule has 1 radical (unpaired) electrons. The minimum absolute atomic E-state index is 0. The van der Waals surface area contributed by atoms with E-state index in [9.17, 15) is 19.2 Å². The van der Waals surface area contributed by atoms with Crippen molar-refractivity contribution in [2.45, 2.75) is 0 Å². The fraction of sp³-hybridized carbons (Fsp3) is 0.600. The molecule has 0 saturated heterocycles. The number of aliphatic carboxylic acids is 4. The van der Waals surface area contributed by atoms with E-state index in [1.165, 1.54) is 0 Å². The van der Waals surface area contributed by atoms with Crippen LogP contribution in [-0.4, -0.2) is 111 Å². The molecule has 4 N–H and O–H groups in total. The predicted octanol–water partition coefficient (Wildman–Crippen LogP) is -3.41. The molecule has 14 nitrogen and oxygen atoms in total. The Morgan fingerprint density at radius 2 is 0.808 bits per heavy atom. The van der Waals surface area contributed by atoms with Crippen molar-refractivity contribution < 1.29 is 74.2 Å². The molecule has 0 rings (SSSR count). The number of carboxylic acids is 4. The largest absolute Gasteiger partial charge is 2.00 e. The Morgan fingerprint density at radius 1 is 0.654 bits per heavy atom. The maximum absolute atomic E-state index is 10.6. The number of nitrogens with zero attached hydrogens (tertiary/aromatic N) is 2. The molecule has 0 aliphatic carbocycles. The Hall–Kier alpha value is -1.81. The molecule has 0 saturated carbocycles. The minimum Gasteiger partial charge on any atom is -0.759 e. The summed E-state index contributed by atoms with van der Waals surface area (Å²) in [4.78, 5) is 44.4. The van der Waals surface area contributed by atoms with Gasteiger partial charge in [0.15, 0.2) is 0 Å². The maximum Gasteiger partial charge on any atom is 2.00 e. The molecule has 0 amide bonds. The SMILES string of the molecule is O=C(O)CN(CCN(CC(=O)O)CC(=O)O)CC(=O)O.O=S(=O)([O-])[O-].[Mn+2]. The van der Waals surface area contributed by atoms with Crippen LogP contribution in [-0.2, 0) is 46.6 Å². The van der Waals surface area contributed by atoms with Crippen molar-refractivity contribution in [3.8, 4) is 0 Å². The predicted molar refractivity (Wildman–Crippen MR) is 73.9 cm³/mol. The third-order valence-corrected chi connectivity index (χ3v) is 2.17. The second-order valence-corrected chi connectivity index (χ2v) is 5.22. The molecule has 151 valence electrons. The topological polar surface area (TPSA) is 236 Å². The molecule has 0 aliphatic rings. The number of hydrogen-bond acceptors (Lipinski definition) is 10. The summed E-state index contributed by atoms with van der Waals surface area (Å²) in [6, 6.07) is 0. The van der Waals surface area contributed by atoms with Gasteiger partial charge in [-0.05, 0) is 0 Å². The fourth-order valence-electron chi connectivity index (χ4n) is 1.48. The second kappa shape index (κ2) is 14.4. The molecule has 16 heteroatoms. The van der Waals surface area contributed by atoms with Crippen LogP contribution in [0.25, 0.3) is 0 Å². The first-order chi connectivity index (χ1) is 11.2. The van der Waals surface area contributed by atoms with Crippen LogP contribution < -0.4 is 0 Å². The van der Waals surface area contributed by atoms with Crippen molar-refractivity contribution >= 4 is 34.3 Å². The van der Waals surface area contributed by atoms with E-state index in [0.717, 1.165) is 9.80 Å². The smallest absolute Gasteiger partial charge is 0.759 e. The van der Waals surface area contributed by atoms with Crippen molar-refractivity contribution in [2.24, 2.45) is 0 Å². The van der Waals surface area contributed by atoms with Crippen LogP contribution in [0.5, 0.6) is 0 Å². The summed E-state index contributed by atoms with van der Waals surface area (Å²) in [6.07, 6.45) is 0. The van der Waals surface area contributed by atoms with E-state index >= 15 is 0 Å². The standard InChI is InChI=1S/C10H16N2O8.Mn.H2O4S/c13-7(14)3-11(4-8(15)16)1-2-12(5-9(17)18)6-10(19)20;;1-5(2,3)4/h1-6H2,(H,13,14)(H,15,16)(H,17,18)(H,19,20);;(H2,1,2,3,4)/q;+2;/p-2. The average molecular weight is 443 g/mol. The summed E-state index contributed by atoms with van der Waals surface area (Å²) in [5.74, 6) is -4.91. The molecule has 0 aromatic heterocycles. The van der Waals surface area contributed by atoms with Crippen LogP contribution in [0.2, 0.25) is 0 Å². The van der Waals surface area contributed by atoms with E-state index in [4.69, 9.17) is 37.9 Å². The molecule has 0 bridgehead atoms. The van der Waals surface area contributed by atoms with Gasteiger partial charge in [-0.3, -0.25) is 37.4 Å². The van der Waals surface area contributed by atoms with Crippen molar-refractivity contribution in [1.82, 2.24) is 9.80 Å². The van der Waals surface area contributed by atoms with Gasteiger partial charge in [0.05, 0.1) is 26.2 Å². The van der Waals surface area contributed by atoms with Gasteiger partial charge in [-0.1, -0.05) is 0 Å². The van der Waals surface area contributed by atoms with E-state index < -0.39 is 60.5 Å². The zero-order valence-corrected chi connectivity index (χ0v) is 15.0. The van der Waals surface area contributed by atoms with Gasteiger partial charge in [-0.2, -0.15) is 0 Å². The van der Waals surface area contributed by atoms with Gasteiger partial charge in [-0.15, -0.1) is 0 Å². The van der Waals surface area contributed by atoms with Gasteiger partial charge >= 0.3 is 40.9 Å². The molecule has 0 unspecified atom stereocenters. The summed E-state index contributed by atoms with van der Waals surface area (Å²) in [5, 5.41) is 34.5. The van der Waals surface area contributed by atoms with Crippen LogP contribution >= 0.6 is 0 Å². The van der Waals surface area contributed by atoms with E-state index in [1.54, 1.807) is 0 Å². The average Bonchev–Trinajstić information content (AvgIpc) is 2.30. The Morgan fingerprint density at radius 3 is 0.923 bits per heavy atom. The monoisotopic (exact) mass is 443 g/mol. The molecule has 0 spiro atoms. The Kier molecular flexibility index (Phi) is 16.0. The van der Waals surface area contributed by atoms with Crippen molar-refractivity contribution in [1.29, 1.82) is 0 Å². The Bertz CT molecular complexity index is 505. The first-order valence-corrected chi connectivity index (χ1v) is 7.52. The van der Waals surface area contributed by atoms with Gasteiger partial charge in [0.25, 0.3) is 0 Å². The number of hydrogen-bond donors (Lipinski definition) is 4. The first-order valence-electron chi connectivity index (χ1n) is 6.19. The molecule has 0 aromatic carbocycles. The molecule has 26 heavy (non-hydrogen) atoms.